The van der Waals surface area contributed by atoms with Crippen molar-refractivity contribution in [2.45, 2.75) is 27.7 Å². The molecule has 0 saturated heterocycles. The van der Waals surface area contributed by atoms with Gasteiger partial charge in [-0.05, 0) is 19.8 Å². The Balaban J connectivity index is 2.10. The van der Waals surface area contributed by atoms with Crippen LogP contribution in [0.4, 0.5) is 5.13 Å². The van der Waals surface area contributed by atoms with Crippen LogP contribution in [0.2, 0.25) is 0 Å². The van der Waals surface area contributed by atoms with Crippen molar-refractivity contribution >= 4 is 32.2 Å². The first-order chi connectivity index (χ1) is 11.2. The molecule has 5 nitrogen and oxygen atoms in total. The molecular formula is C17H22N2O3S2. The molecule has 1 amide bonds. The first-order valence-corrected chi connectivity index (χ1v) is 10.3. The van der Waals surface area contributed by atoms with Crippen LogP contribution in [0, 0.1) is 19.8 Å². The highest BCUT2D eigenvalue weighted by atomic mass is 32.2. The van der Waals surface area contributed by atoms with Crippen LogP contribution < -0.4 is 5.32 Å². The van der Waals surface area contributed by atoms with Gasteiger partial charge in [0.2, 0.25) is 5.91 Å². The second kappa shape index (κ2) is 7.44. The van der Waals surface area contributed by atoms with Gasteiger partial charge in [0.1, 0.15) is 5.75 Å². The third-order valence-corrected chi connectivity index (χ3v) is 6.07. The fourth-order valence-electron chi connectivity index (χ4n) is 2.35. The maximum absolute atomic E-state index is 12.0. The fourth-order valence-corrected chi connectivity index (χ4v) is 4.81. The van der Waals surface area contributed by atoms with Gasteiger partial charge >= 0.3 is 0 Å². The zero-order chi connectivity index (χ0) is 17.9. The van der Waals surface area contributed by atoms with E-state index in [0.29, 0.717) is 5.13 Å². The van der Waals surface area contributed by atoms with Gasteiger partial charge in [-0.3, -0.25) is 4.79 Å². The number of carbonyl (C=O) groups excluding carboxylic acids is 1. The van der Waals surface area contributed by atoms with Crippen LogP contribution in [0.1, 0.15) is 24.3 Å². The number of rotatable bonds is 6. The van der Waals surface area contributed by atoms with E-state index in [1.54, 1.807) is 0 Å². The van der Waals surface area contributed by atoms with Crippen LogP contribution in [0.3, 0.4) is 0 Å². The minimum absolute atomic E-state index is 0.00181. The smallest absolute Gasteiger partial charge is 0.241 e. The summed E-state index contributed by atoms with van der Waals surface area (Å²) < 4.78 is 23.8. The minimum Gasteiger partial charge on any atom is -0.301 e. The van der Waals surface area contributed by atoms with Gasteiger partial charge in [-0.25, -0.2) is 13.4 Å². The molecule has 1 N–H and O–H groups in total. The molecule has 0 bridgehead atoms. The summed E-state index contributed by atoms with van der Waals surface area (Å²) in [5, 5.41) is 3.03. The third kappa shape index (κ3) is 5.14. The first kappa shape index (κ1) is 18.6. The monoisotopic (exact) mass is 366 g/mol. The number of thiazole rings is 1. The van der Waals surface area contributed by atoms with Crippen LogP contribution in [-0.2, 0) is 14.6 Å². The molecule has 0 aliphatic rings. The summed E-state index contributed by atoms with van der Waals surface area (Å²) in [6.07, 6.45) is 0. The van der Waals surface area contributed by atoms with Crippen LogP contribution in [-0.4, -0.2) is 30.8 Å². The summed E-state index contributed by atoms with van der Waals surface area (Å²) in [4.78, 5) is 17.4. The lowest BCUT2D eigenvalue weighted by Gasteiger charge is -2.06. The van der Waals surface area contributed by atoms with Crippen molar-refractivity contribution in [3.8, 4) is 11.3 Å². The van der Waals surface area contributed by atoms with Gasteiger partial charge in [0.25, 0.3) is 0 Å². The highest BCUT2D eigenvalue weighted by molar-refractivity contribution is 7.92. The Hall–Kier alpha value is -1.73. The lowest BCUT2D eigenvalue weighted by atomic mass is 10.1. The molecule has 0 radical (unpaired) electrons. The van der Waals surface area contributed by atoms with E-state index in [-0.39, 0.29) is 11.7 Å². The van der Waals surface area contributed by atoms with E-state index in [9.17, 15) is 13.2 Å². The standard InChI is InChI=1S/C17H22N2O3S2/c1-11(2)9-24(21,22)10-15(20)18-17-19-16(13(4)23-17)14-7-5-12(3)6-8-14/h5-8,11H,9-10H2,1-4H3,(H,18,19,20). The Morgan fingerprint density at radius 2 is 1.83 bits per heavy atom. The highest BCUT2D eigenvalue weighted by Gasteiger charge is 2.19. The number of sulfone groups is 1. The number of nitrogens with zero attached hydrogens (tertiary/aromatic N) is 1. The van der Waals surface area contributed by atoms with E-state index in [2.05, 4.69) is 10.3 Å². The number of anilines is 1. The average Bonchev–Trinajstić information content (AvgIpc) is 2.77. The molecule has 0 atom stereocenters. The third-order valence-electron chi connectivity index (χ3n) is 3.31. The average molecular weight is 367 g/mol. The molecule has 7 heteroatoms. The van der Waals surface area contributed by atoms with Gasteiger partial charge in [-0.15, -0.1) is 11.3 Å². The second-order valence-electron chi connectivity index (χ2n) is 6.29. The van der Waals surface area contributed by atoms with Crippen molar-refractivity contribution < 1.29 is 13.2 Å². The van der Waals surface area contributed by atoms with Crippen molar-refractivity contribution in [2.24, 2.45) is 5.92 Å². The van der Waals surface area contributed by atoms with Gasteiger partial charge in [-0.1, -0.05) is 43.7 Å². The fraction of sp³-hybridized carbons (Fsp3) is 0.412. The number of benzene rings is 1. The van der Waals surface area contributed by atoms with E-state index in [4.69, 9.17) is 0 Å². The van der Waals surface area contributed by atoms with Crippen molar-refractivity contribution in [3.05, 3.63) is 34.7 Å². The summed E-state index contributed by atoms with van der Waals surface area (Å²) in [7, 11) is -3.40. The van der Waals surface area contributed by atoms with Crippen LogP contribution in [0.5, 0.6) is 0 Å². The molecule has 0 aliphatic carbocycles. The summed E-state index contributed by atoms with van der Waals surface area (Å²) in [6.45, 7) is 7.57. The van der Waals surface area contributed by atoms with E-state index >= 15 is 0 Å². The molecule has 0 saturated carbocycles. The molecule has 2 aromatic rings. The molecule has 0 unspecified atom stereocenters. The summed E-state index contributed by atoms with van der Waals surface area (Å²) in [5.41, 5.74) is 2.94. The number of hydrogen-bond donors (Lipinski definition) is 1. The van der Waals surface area contributed by atoms with Crippen LogP contribution in [0.15, 0.2) is 24.3 Å². The van der Waals surface area contributed by atoms with E-state index in [0.717, 1.165) is 21.7 Å². The number of amides is 1. The Morgan fingerprint density at radius 1 is 1.21 bits per heavy atom. The molecule has 2 rings (SSSR count). The van der Waals surface area contributed by atoms with Crippen molar-refractivity contribution in [2.75, 3.05) is 16.8 Å². The Kier molecular flexibility index (Phi) is 5.77. The quantitative estimate of drug-likeness (QED) is 0.850. The lowest BCUT2D eigenvalue weighted by molar-refractivity contribution is -0.113. The molecule has 1 heterocycles. The molecule has 0 fully saturated rings. The van der Waals surface area contributed by atoms with Gasteiger partial charge in [0.05, 0.1) is 11.4 Å². The zero-order valence-corrected chi connectivity index (χ0v) is 15.9. The number of aryl methyl sites for hydroxylation is 2. The van der Waals surface area contributed by atoms with Crippen molar-refractivity contribution in [3.63, 3.8) is 0 Å². The molecule has 130 valence electrons. The Labute approximate surface area is 147 Å². The minimum atomic E-state index is -3.40. The Morgan fingerprint density at radius 3 is 2.42 bits per heavy atom. The topological polar surface area (TPSA) is 76.1 Å². The van der Waals surface area contributed by atoms with Gasteiger partial charge in [-0.2, -0.15) is 0 Å². The molecular weight excluding hydrogens is 344 g/mol. The summed E-state index contributed by atoms with van der Waals surface area (Å²) >= 11 is 1.34. The molecule has 24 heavy (non-hydrogen) atoms. The van der Waals surface area contributed by atoms with E-state index in [1.165, 1.54) is 11.3 Å². The maximum Gasteiger partial charge on any atom is 0.241 e. The normalized spacial score (nSPS) is 11.7. The van der Waals surface area contributed by atoms with Gasteiger partial charge in [0.15, 0.2) is 15.0 Å². The number of hydrogen-bond acceptors (Lipinski definition) is 5. The number of carbonyl (C=O) groups is 1. The van der Waals surface area contributed by atoms with Crippen LogP contribution >= 0.6 is 11.3 Å². The summed E-state index contributed by atoms with van der Waals surface area (Å²) in [5.74, 6) is -1.05. The zero-order valence-electron chi connectivity index (χ0n) is 14.3. The van der Waals surface area contributed by atoms with E-state index in [1.807, 2.05) is 52.0 Å². The molecule has 1 aromatic heterocycles. The van der Waals surface area contributed by atoms with Crippen LogP contribution in [0.25, 0.3) is 11.3 Å². The summed E-state index contributed by atoms with van der Waals surface area (Å²) in [6, 6.07) is 7.97. The SMILES string of the molecule is Cc1ccc(-c2nc(NC(=O)CS(=O)(=O)CC(C)C)sc2C)cc1. The second-order valence-corrected chi connectivity index (χ2v) is 9.60. The largest absolute Gasteiger partial charge is 0.301 e. The van der Waals surface area contributed by atoms with E-state index < -0.39 is 21.5 Å². The van der Waals surface area contributed by atoms with Gasteiger partial charge in [0, 0.05) is 10.4 Å². The lowest BCUT2D eigenvalue weighted by Crippen LogP contribution is -2.26. The molecule has 0 aliphatic heterocycles. The number of nitrogens with one attached hydrogen (secondary N) is 1. The van der Waals surface area contributed by atoms with Crippen molar-refractivity contribution in [1.29, 1.82) is 0 Å². The number of aromatic nitrogens is 1. The Bertz CT molecular complexity index is 822. The molecule has 0 spiro atoms. The predicted molar refractivity (Wildman–Crippen MR) is 99.1 cm³/mol. The maximum atomic E-state index is 12.0. The highest BCUT2D eigenvalue weighted by Crippen LogP contribution is 2.30. The predicted octanol–water partition coefficient (Wildman–Crippen LogP) is 3.44. The van der Waals surface area contributed by atoms with Crippen molar-refractivity contribution in [1.82, 2.24) is 4.98 Å². The van der Waals surface area contributed by atoms with Gasteiger partial charge < -0.3 is 5.32 Å². The molecule has 1 aromatic carbocycles. The first-order valence-electron chi connectivity index (χ1n) is 7.71.